The molecule has 0 aliphatic rings. The average Bonchev–Trinajstić information content (AvgIpc) is 2.84. The van der Waals surface area contributed by atoms with Crippen LogP contribution in [0.3, 0.4) is 0 Å². The van der Waals surface area contributed by atoms with Crippen molar-refractivity contribution in [3.8, 4) is 11.5 Å². The molecule has 0 aliphatic carbocycles. The van der Waals surface area contributed by atoms with Gasteiger partial charge >= 0.3 is 6.36 Å². The molecule has 2 rings (SSSR count). The number of benzene rings is 1. The summed E-state index contributed by atoms with van der Waals surface area (Å²) in [4.78, 5) is 0. The minimum absolute atomic E-state index is 0.0156. The Morgan fingerprint density at radius 1 is 1.15 bits per heavy atom. The molecule has 4 nitrogen and oxygen atoms in total. The third kappa shape index (κ3) is 3.92. The molecule has 0 radical (unpaired) electrons. The molecule has 1 heterocycles. The Kier molecular flexibility index (Phi) is 4.19. The van der Waals surface area contributed by atoms with Crippen LogP contribution in [-0.2, 0) is 13.2 Å². The highest BCUT2D eigenvalue weighted by Gasteiger charge is 2.32. The van der Waals surface area contributed by atoms with Gasteiger partial charge in [0.2, 0.25) is 0 Å². The second-order valence-corrected chi connectivity index (χ2v) is 3.91. The van der Waals surface area contributed by atoms with E-state index in [-0.39, 0.29) is 12.4 Å². The van der Waals surface area contributed by atoms with Gasteiger partial charge in [-0.05, 0) is 18.2 Å². The van der Waals surface area contributed by atoms with Gasteiger partial charge in [-0.25, -0.2) is 0 Å². The zero-order valence-corrected chi connectivity index (χ0v) is 10.3. The Bertz CT molecular complexity index is 566. The minimum atomic E-state index is -4.77. The molecular weight excluding hydrogens is 275 g/mol. The lowest BCUT2D eigenvalue weighted by Gasteiger charge is -2.13. The summed E-state index contributed by atoms with van der Waals surface area (Å²) in [6.07, 6.45) is -3.30. The Labute approximate surface area is 112 Å². The minimum Gasteiger partial charge on any atom is -0.482 e. The number of furan rings is 1. The molecule has 0 atom stereocenters. The van der Waals surface area contributed by atoms with Crippen molar-refractivity contribution in [3.05, 3.63) is 47.9 Å². The fourth-order valence-corrected chi connectivity index (χ4v) is 1.54. The van der Waals surface area contributed by atoms with Crippen LogP contribution in [0.15, 0.2) is 41.0 Å². The first-order valence-corrected chi connectivity index (χ1v) is 5.72. The lowest BCUT2D eigenvalue weighted by molar-refractivity contribution is -0.275. The standard InChI is InChI=1S/C13H12F3NO3/c14-13(15,16)20-12-4-2-1-3-11(12)19-8-10-5-9(6-17)7-18-10/h1-5,7H,6,8,17H2. The molecule has 2 aromatic rings. The zero-order valence-electron chi connectivity index (χ0n) is 10.3. The lowest BCUT2D eigenvalue weighted by atomic mass is 10.3. The Morgan fingerprint density at radius 2 is 1.85 bits per heavy atom. The van der Waals surface area contributed by atoms with Gasteiger partial charge in [-0.15, -0.1) is 13.2 Å². The summed E-state index contributed by atoms with van der Waals surface area (Å²) in [5.74, 6) is 0.0494. The van der Waals surface area contributed by atoms with Crippen molar-refractivity contribution in [1.82, 2.24) is 0 Å². The summed E-state index contributed by atoms with van der Waals surface area (Å²) >= 11 is 0. The quantitative estimate of drug-likeness (QED) is 0.917. The fourth-order valence-electron chi connectivity index (χ4n) is 1.54. The van der Waals surface area contributed by atoms with Crippen LogP contribution in [0.5, 0.6) is 11.5 Å². The van der Waals surface area contributed by atoms with Crippen molar-refractivity contribution in [3.63, 3.8) is 0 Å². The maximum absolute atomic E-state index is 12.2. The third-order valence-electron chi connectivity index (χ3n) is 2.39. The SMILES string of the molecule is NCc1coc(COc2ccccc2OC(F)(F)F)c1. The van der Waals surface area contributed by atoms with Gasteiger partial charge in [0.25, 0.3) is 0 Å². The maximum atomic E-state index is 12.2. The Morgan fingerprint density at radius 3 is 2.45 bits per heavy atom. The van der Waals surface area contributed by atoms with Gasteiger partial charge in [0.15, 0.2) is 11.5 Å². The highest BCUT2D eigenvalue weighted by Crippen LogP contribution is 2.32. The lowest BCUT2D eigenvalue weighted by Crippen LogP contribution is -2.17. The van der Waals surface area contributed by atoms with Crippen LogP contribution < -0.4 is 15.2 Å². The summed E-state index contributed by atoms with van der Waals surface area (Å²) < 4.78 is 51.0. The molecule has 1 aromatic heterocycles. The van der Waals surface area contributed by atoms with E-state index in [1.807, 2.05) is 0 Å². The molecule has 0 bridgehead atoms. The zero-order chi connectivity index (χ0) is 14.6. The largest absolute Gasteiger partial charge is 0.573 e. The van der Waals surface area contributed by atoms with Crippen LogP contribution in [0.2, 0.25) is 0 Å². The van der Waals surface area contributed by atoms with E-state index < -0.39 is 12.1 Å². The fraction of sp³-hybridized carbons (Fsp3) is 0.231. The number of nitrogens with two attached hydrogens (primary N) is 1. The highest BCUT2D eigenvalue weighted by molar-refractivity contribution is 5.39. The van der Waals surface area contributed by atoms with E-state index in [0.717, 1.165) is 5.56 Å². The van der Waals surface area contributed by atoms with Gasteiger partial charge in [0.05, 0.1) is 6.26 Å². The number of rotatable bonds is 5. The van der Waals surface area contributed by atoms with Gasteiger partial charge in [0.1, 0.15) is 12.4 Å². The molecule has 7 heteroatoms. The van der Waals surface area contributed by atoms with Crippen LogP contribution in [0.4, 0.5) is 13.2 Å². The van der Waals surface area contributed by atoms with E-state index in [2.05, 4.69) is 4.74 Å². The first kappa shape index (κ1) is 14.3. The number of para-hydroxylation sites is 2. The molecule has 108 valence electrons. The number of ether oxygens (including phenoxy) is 2. The molecule has 0 aliphatic heterocycles. The third-order valence-corrected chi connectivity index (χ3v) is 2.39. The van der Waals surface area contributed by atoms with Crippen LogP contribution >= 0.6 is 0 Å². The van der Waals surface area contributed by atoms with Gasteiger partial charge in [0, 0.05) is 12.1 Å². The maximum Gasteiger partial charge on any atom is 0.573 e. The van der Waals surface area contributed by atoms with Crippen LogP contribution in [0.25, 0.3) is 0 Å². The molecule has 20 heavy (non-hydrogen) atoms. The summed E-state index contributed by atoms with van der Waals surface area (Å²) in [5, 5.41) is 0. The van der Waals surface area contributed by atoms with Crippen molar-refractivity contribution in [2.24, 2.45) is 5.73 Å². The number of hydrogen-bond donors (Lipinski definition) is 1. The average molecular weight is 287 g/mol. The van der Waals surface area contributed by atoms with Crippen molar-refractivity contribution in [2.75, 3.05) is 0 Å². The first-order valence-electron chi connectivity index (χ1n) is 5.72. The van der Waals surface area contributed by atoms with Crippen molar-refractivity contribution < 1.29 is 27.1 Å². The van der Waals surface area contributed by atoms with E-state index >= 15 is 0 Å². The topological polar surface area (TPSA) is 57.6 Å². The van der Waals surface area contributed by atoms with E-state index in [0.29, 0.717) is 12.3 Å². The van der Waals surface area contributed by atoms with Crippen molar-refractivity contribution >= 4 is 0 Å². The number of alkyl halides is 3. The predicted octanol–water partition coefficient (Wildman–Crippen LogP) is 3.22. The molecule has 0 saturated heterocycles. The van der Waals surface area contributed by atoms with Gasteiger partial charge < -0.3 is 19.6 Å². The molecule has 1 aromatic carbocycles. The van der Waals surface area contributed by atoms with Crippen molar-refractivity contribution in [1.29, 1.82) is 0 Å². The van der Waals surface area contributed by atoms with Gasteiger partial charge in [-0.2, -0.15) is 0 Å². The predicted molar refractivity (Wildman–Crippen MR) is 64.1 cm³/mol. The molecule has 0 unspecified atom stereocenters. The second-order valence-electron chi connectivity index (χ2n) is 3.91. The van der Waals surface area contributed by atoms with E-state index in [1.165, 1.54) is 24.5 Å². The monoisotopic (exact) mass is 287 g/mol. The molecular formula is C13H12F3NO3. The van der Waals surface area contributed by atoms with Crippen molar-refractivity contribution in [2.45, 2.75) is 19.5 Å². The highest BCUT2D eigenvalue weighted by atomic mass is 19.4. The summed E-state index contributed by atoms with van der Waals surface area (Å²) in [6, 6.07) is 7.21. The van der Waals surface area contributed by atoms with E-state index in [1.54, 1.807) is 12.1 Å². The smallest absolute Gasteiger partial charge is 0.482 e. The summed E-state index contributed by atoms with van der Waals surface area (Å²) in [6.45, 7) is 0.301. The summed E-state index contributed by atoms with van der Waals surface area (Å²) in [7, 11) is 0. The van der Waals surface area contributed by atoms with Crippen LogP contribution in [0.1, 0.15) is 11.3 Å². The van der Waals surface area contributed by atoms with Gasteiger partial charge in [-0.3, -0.25) is 0 Å². The van der Waals surface area contributed by atoms with E-state index in [4.69, 9.17) is 14.9 Å². The molecule has 2 N–H and O–H groups in total. The molecule has 0 amide bonds. The Balaban J connectivity index is 2.05. The summed E-state index contributed by atoms with van der Waals surface area (Å²) in [5.41, 5.74) is 6.20. The normalized spacial score (nSPS) is 11.4. The van der Waals surface area contributed by atoms with Crippen LogP contribution in [0, 0.1) is 0 Å². The number of hydrogen-bond acceptors (Lipinski definition) is 4. The van der Waals surface area contributed by atoms with E-state index in [9.17, 15) is 13.2 Å². The molecule has 0 saturated carbocycles. The second kappa shape index (κ2) is 5.87. The first-order chi connectivity index (χ1) is 9.48. The molecule has 0 fully saturated rings. The van der Waals surface area contributed by atoms with Crippen LogP contribution in [-0.4, -0.2) is 6.36 Å². The number of halogens is 3. The Hall–Kier alpha value is -2.15. The van der Waals surface area contributed by atoms with Gasteiger partial charge in [-0.1, -0.05) is 12.1 Å². The molecule has 0 spiro atoms.